The Morgan fingerprint density at radius 2 is 2.07 bits per heavy atom. The van der Waals surface area contributed by atoms with Gasteiger partial charge in [0.25, 0.3) is 0 Å². The molecule has 0 fully saturated rings. The third-order valence-corrected chi connectivity index (χ3v) is 5.95. The van der Waals surface area contributed by atoms with E-state index in [1.54, 1.807) is 24.9 Å². The molecule has 0 bridgehead atoms. The van der Waals surface area contributed by atoms with E-state index >= 15 is 0 Å². The van der Waals surface area contributed by atoms with Gasteiger partial charge in [-0.15, -0.1) is 0 Å². The predicted octanol–water partition coefficient (Wildman–Crippen LogP) is 4.34. The number of pyridine rings is 1. The lowest BCUT2D eigenvalue weighted by Crippen LogP contribution is -2.38. The molecule has 2 aromatic heterocycles. The maximum absolute atomic E-state index is 13.5. The van der Waals surface area contributed by atoms with Gasteiger partial charge in [-0.2, -0.15) is 11.8 Å². The number of fused-ring (bicyclic) bond motifs is 1. The van der Waals surface area contributed by atoms with Crippen molar-refractivity contribution in [3.05, 3.63) is 47.5 Å². The van der Waals surface area contributed by atoms with Gasteiger partial charge in [0.15, 0.2) is 5.52 Å². The summed E-state index contributed by atoms with van der Waals surface area (Å²) in [6.07, 6.45) is 1.93. The van der Waals surface area contributed by atoms with Gasteiger partial charge < -0.3 is 9.47 Å². The van der Waals surface area contributed by atoms with Crippen molar-refractivity contribution in [1.82, 2.24) is 9.97 Å². The first-order valence-corrected chi connectivity index (χ1v) is 10.5. The number of nitrogens with zero attached hydrogens (tertiary/aromatic N) is 2. The van der Waals surface area contributed by atoms with Crippen LogP contribution in [0.5, 0.6) is 5.75 Å². The van der Waals surface area contributed by atoms with Gasteiger partial charge in [-0.25, -0.2) is 13.9 Å². The average molecular weight is 405 g/mol. The maximum Gasteiger partial charge on any atom is 0.402 e. The largest absolute Gasteiger partial charge is 0.496 e. The summed E-state index contributed by atoms with van der Waals surface area (Å²) in [5.41, 5.74) is 3.35. The maximum atomic E-state index is 13.5. The van der Waals surface area contributed by atoms with Gasteiger partial charge in [-0.05, 0) is 39.8 Å². The van der Waals surface area contributed by atoms with Crippen molar-refractivity contribution < 1.29 is 18.4 Å². The van der Waals surface area contributed by atoms with Crippen LogP contribution in [0.2, 0.25) is 0 Å². The number of H-pyrrole nitrogens is 1. The fraction of sp³-hybridized carbons (Fsp3) is 0.429. The molecule has 0 saturated carbocycles. The Balaban J connectivity index is 1.95. The zero-order valence-electron chi connectivity index (χ0n) is 17.0. The molecule has 0 atom stereocenters. The number of hydrogen-bond donors (Lipinski definition) is 1. The normalized spacial score (nSPS) is 11.9. The van der Waals surface area contributed by atoms with Crippen molar-refractivity contribution in [3.8, 4) is 11.7 Å². The van der Waals surface area contributed by atoms with Crippen LogP contribution >= 0.6 is 11.8 Å². The van der Waals surface area contributed by atoms with E-state index < -0.39 is 0 Å². The van der Waals surface area contributed by atoms with E-state index in [2.05, 4.69) is 23.8 Å². The van der Waals surface area contributed by atoms with Gasteiger partial charge in [0.1, 0.15) is 22.8 Å². The first-order valence-electron chi connectivity index (χ1n) is 9.30. The lowest BCUT2D eigenvalue weighted by molar-refractivity contribution is -0.610. The summed E-state index contributed by atoms with van der Waals surface area (Å²) >= 11 is 1.80. The molecular formula is C21H27FN3O2S+. The molecular weight excluding hydrogens is 377 g/mol. The van der Waals surface area contributed by atoms with Crippen molar-refractivity contribution in [2.75, 3.05) is 19.5 Å². The number of aromatic amines is 1. The molecule has 0 spiro atoms. The fourth-order valence-corrected chi connectivity index (χ4v) is 4.41. The third kappa shape index (κ3) is 4.47. The van der Waals surface area contributed by atoms with Crippen LogP contribution < -0.4 is 9.30 Å². The van der Waals surface area contributed by atoms with Crippen LogP contribution in [0.15, 0.2) is 30.5 Å². The number of rotatable bonds is 8. The van der Waals surface area contributed by atoms with Crippen molar-refractivity contribution >= 4 is 22.8 Å². The zero-order valence-corrected chi connectivity index (χ0v) is 17.8. The van der Waals surface area contributed by atoms with Crippen molar-refractivity contribution in [2.45, 2.75) is 39.0 Å². The lowest BCUT2D eigenvalue weighted by atomic mass is 10.2. The number of halogens is 1. The number of methoxy groups -OCH3 is 1. The minimum atomic E-state index is -0.285. The van der Waals surface area contributed by atoms with E-state index in [0.717, 1.165) is 34.0 Å². The first kappa shape index (κ1) is 20.6. The molecule has 3 aromatic rings. The molecule has 150 valence electrons. The van der Waals surface area contributed by atoms with Crippen LogP contribution in [0, 0.1) is 12.7 Å². The van der Waals surface area contributed by atoms with E-state index in [1.807, 2.05) is 30.7 Å². The number of nitrogens with one attached hydrogen (secondary N) is 1. The smallest absolute Gasteiger partial charge is 0.402 e. The highest BCUT2D eigenvalue weighted by molar-refractivity contribution is 7.98. The standard InChI is InChI=1S/C21H27FN3O2S/c1-6-27-21(3,4)13-28-12-18-14(2)19(26-5)9-10-25(18)20-23-16-8-7-15(22)11-17(16)24-20/h7-11H,6,12-13H2,1-5H3,(H,23,24)/q+1. The van der Waals surface area contributed by atoms with Crippen LogP contribution in [0.4, 0.5) is 4.39 Å². The number of thioether (sulfide) groups is 1. The molecule has 0 amide bonds. The molecule has 0 aliphatic carbocycles. The molecule has 1 aromatic carbocycles. The SMILES string of the molecule is CCOC(C)(C)CSCc1c(C)c(OC)cc[n+]1-c1nc2ccc(F)cc2[nH]1. The quantitative estimate of drug-likeness (QED) is 0.568. The molecule has 7 heteroatoms. The van der Waals surface area contributed by atoms with E-state index in [0.29, 0.717) is 18.1 Å². The fourth-order valence-electron chi connectivity index (χ4n) is 3.19. The van der Waals surface area contributed by atoms with Crippen LogP contribution in [0.1, 0.15) is 32.0 Å². The van der Waals surface area contributed by atoms with E-state index in [1.165, 1.54) is 12.1 Å². The second-order valence-corrected chi connectivity index (χ2v) is 8.22. The number of aromatic nitrogens is 3. The summed E-state index contributed by atoms with van der Waals surface area (Å²) in [6, 6.07) is 6.48. The van der Waals surface area contributed by atoms with Gasteiger partial charge in [0.2, 0.25) is 0 Å². The first-order chi connectivity index (χ1) is 13.3. The Morgan fingerprint density at radius 1 is 1.29 bits per heavy atom. The molecule has 1 N–H and O–H groups in total. The van der Waals surface area contributed by atoms with Crippen LogP contribution in [0.25, 0.3) is 17.0 Å². The van der Waals surface area contributed by atoms with Crippen LogP contribution in [0.3, 0.4) is 0 Å². The highest BCUT2D eigenvalue weighted by Gasteiger charge is 2.23. The van der Waals surface area contributed by atoms with Gasteiger partial charge in [-0.1, -0.05) is 4.98 Å². The zero-order chi connectivity index (χ0) is 20.3. The van der Waals surface area contributed by atoms with Crippen molar-refractivity contribution in [2.24, 2.45) is 0 Å². The summed E-state index contributed by atoms with van der Waals surface area (Å²) in [5, 5.41) is 0. The van der Waals surface area contributed by atoms with Gasteiger partial charge in [-0.3, -0.25) is 0 Å². The van der Waals surface area contributed by atoms with Crippen LogP contribution in [-0.2, 0) is 10.5 Å². The average Bonchev–Trinajstić information content (AvgIpc) is 3.05. The van der Waals surface area contributed by atoms with Crippen molar-refractivity contribution in [3.63, 3.8) is 0 Å². The summed E-state index contributed by atoms with van der Waals surface area (Å²) in [7, 11) is 1.67. The summed E-state index contributed by atoms with van der Waals surface area (Å²) < 4.78 is 26.9. The molecule has 0 aliphatic heterocycles. The van der Waals surface area contributed by atoms with E-state index in [-0.39, 0.29) is 11.4 Å². The Bertz CT molecular complexity index is 972. The monoisotopic (exact) mass is 404 g/mol. The lowest BCUT2D eigenvalue weighted by Gasteiger charge is -2.24. The highest BCUT2D eigenvalue weighted by Crippen LogP contribution is 2.25. The molecule has 28 heavy (non-hydrogen) atoms. The predicted molar refractivity (Wildman–Crippen MR) is 111 cm³/mol. The third-order valence-electron chi connectivity index (χ3n) is 4.57. The molecule has 5 nitrogen and oxygen atoms in total. The minimum Gasteiger partial charge on any atom is -0.496 e. The van der Waals surface area contributed by atoms with E-state index in [4.69, 9.17) is 9.47 Å². The second kappa shape index (κ2) is 8.49. The highest BCUT2D eigenvalue weighted by atomic mass is 32.2. The molecule has 0 saturated heterocycles. The molecule has 0 radical (unpaired) electrons. The Labute approximate surface area is 169 Å². The Kier molecular flexibility index (Phi) is 6.25. The van der Waals surface area contributed by atoms with Crippen LogP contribution in [-0.4, -0.2) is 35.0 Å². The van der Waals surface area contributed by atoms with Crippen molar-refractivity contribution in [1.29, 1.82) is 0 Å². The Hall–Kier alpha value is -2.12. The van der Waals surface area contributed by atoms with Gasteiger partial charge in [0.05, 0.1) is 18.9 Å². The second-order valence-electron chi connectivity index (χ2n) is 7.23. The summed E-state index contributed by atoms with van der Waals surface area (Å²) in [6.45, 7) is 8.95. The number of ether oxygens (including phenoxy) is 2. The topological polar surface area (TPSA) is 51.0 Å². The summed E-state index contributed by atoms with van der Waals surface area (Å²) in [4.78, 5) is 7.86. The minimum absolute atomic E-state index is 0.187. The van der Waals surface area contributed by atoms with E-state index in [9.17, 15) is 4.39 Å². The summed E-state index contributed by atoms with van der Waals surface area (Å²) in [5.74, 6) is 2.84. The van der Waals surface area contributed by atoms with Gasteiger partial charge >= 0.3 is 5.95 Å². The van der Waals surface area contributed by atoms with Gasteiger partial charge in [0, 0.05) is 35.8 Å². The number of hydrogen-bond acceptors (Lipinski definition) is 4. The molecule has 2 heterocycles. The molecule has 3 rings (SSSR count). The molecule has 0 unspecified atom stereocenters. The molecule has 0 aliphatic rings. The number of imidazole rings is 1. The number of benzene rings is 1. The Morgan fingerprint density at radius 3 is 2.79 bits per heavy atom.